The molecule has 0 heterocycles. The van der Waals surface area contributed by atoms with Crippen LogP contribution >= 0.6 is 34.8 Å². The number of allylic oxidation sites excluding steroid dienone is 4. The number of alkyl halides is 3. The van der Waals surface area contributed by atoms with Crippen LogP contribution in [0.1, 0.15) is 26.7 Å². The van der Waals surface area contributed by atoms with E-state index < -0.39 is 16.0 Å². The van der Waals surface area contributed by atoms with Gasteiger partial charge in [-0.15, -0.1) is 0 Å². The fraction of sp³-hybridized carbons (Fsp3) is 0.500. The van der Waals surface area contributed by atoms with Crippen LogP contribution in [0.5, 0.6) is 0 Å². The molecule has 0 unspecified atom stereocenters. The summed E-state index contributed by atoms with van der Waals surface area (Å²) in [4.78, 5) is 22.5. The van der Waals surface area contributed by atoms with Crippen LogP contribution in [0.15, 0.2) is 24.3 Å². The van der Waals surface area contributed by atoms with Gasteiger partial charge >= 0.3 is 0 Å². The monoisotopic (exact) mass is 296 g/mol. The molecule has 0 aromatic heterocycles. The van der Waals surface area contributed by atoms with Gasteiger partial charge in [-0.25, -0.2) is 0 Å². The number of ketones is 2. The SMILES string of the molecule is CC[C@H](C)/C=C/C=C/C(=O)CC(=O)C(Cl)(Cl)Cl. The van der Waals surface area contributed by atoms with Gasteiger partial charge in [0.05, 0.1) is 6.42 Å². The molecule has 0 aliphatic carbocycles. The largest absolute Gasteiger partial charge is 0.294 e. The molecule has 0 aliphatic rings. The van der Waals surface area contributed by atoms with Crippen molar-refractivity contribution in [2.24, 2.45) is 5.92 Å². The van der Waals surface area contributed by atoms with Crippen molar-refractivity contribution in [2.75, 3.05) is 0 Å². The van der Waals surface area contributed by atoms with Crippen LogP contribution in [0.3, 0.4) is 0 Å². The van der Waals surface area contributed by atoms with Gasteiger partial charge in [-0.05, 0) is 12.0 Å². The predicted molar refractivity (Wildman–Crippen MR) is 72.7 cm³/mol. The topological polar surface area (TPSA) is 34.1 Å². The van der Waals surface area contributed by atoms with Crippen LogP contribution in [0.4, 0.5) is 0 Å². The van der Waals surface area contributed by atoms with E-state index in [-0.39, 0.29) is 5.78 Å². The Morgan fingerprint density at radius 1 is 1.24 bits per heavy atom. The van der Waals surface area contributed by atoms with Crippen LogP contribution in [-0.2, 0) is 9.59 Å². The van der Waals surface area contributed by atoms with E-state index in [1.165, 1.54) is 6.08 Å². The summed E-state index contributed by atoms with van der Waals surface area (Å²) in [5.41, 5.74) is 0. The Hall–Kier alpha value is -0.310. The lowest BCUT2D eigenvalue weighted by Gasteiger charge is -2.06. The Kier molecular flexibility index (Phi) is 7.77. The number of Topliss-reactive ketones (excluding diaryl/α,β-unsaturated/α-hetero) is 1. The quantitative estimate of drug-likeness (QED) is 0.321. The molecule has 17 heavy (non-hydrogen) atoms. The summed E-state index contributed by atoms with van der Waals surface area (Å²) < 4.78 is -2.02. The van der Waals surface area contributed by atoms with Crippen LogP contribution in [0, 0.1) is 5.92 Å². The average Bonchev–Trinajstić information content (AvgIpc) is 2.22. The van der Waals surface area contributed by atoms with Gasteiger partial charge in [0, 0.05) is 0 Å². The van der Waals surface area contributed by atoms with E-state index >= 15 is 0 Å². The predicted octanol–water partition coefficient (Wildman–Crippen LogP) is 4.04. The van der Waals surface area contributed by atoms with Crippen molar-refractivity contribution >= 4 is 46.4 Å². The molecular formula is C12H15Cl3O2. The fourth-order valence-electron chi connectivity index (χ4n) is 0.870. The molecule has 0 bridgehead atoms. The molecule has 0 N–H and O–H groups in total. The van der Waals surface area contributed by atoms with Gasteiger partial charge in [0.25, 0.3) is 0 Å². The summed E-state index contributed by atoms with van der Waals surface area (Å²) in [5.74, 6) is -0.643. The zero-order valence-corrected chi connectivity index (χ0v) is 12.0. The van der Waals surface area contributed by atoms with Gasteiger partial charge in [0.2, 0.25) is 3.79 Å². The maximum atomic E-state index is 11.3. The smallest absolute Gasteiger partial charge is 0.249 e. The summed E-state index contributed by atoms with van der Waals surface area (Å²) in [5, 5.41) is 0. The standard InChI is InChI=1S/C12H15Cl3O2/c1-3-9(2)6-4-5-7-10(16)8-11(17)12(13,14)15/h4-7,9H,3,8H2,1-2H3/b6-4+,7-5+/t9-/m0/s1. The number of rotatable bonds is 6. The van der Waals surface area contributed by atoms with E-state index in [0.29, 0.717) is 5.92 Å². The molecule has 0 aromatic rings. The first-order valence-electron chi connectivity index (χ1n) is 5.25. The minimum absolute atomic E-state index is 0.380. The highest BCUT2D eigenvalue weighted by molar-refractivity contribution is 6.76. The van der Waals surface area contributed by atoms with E-state index in [9.17, 15) is 9.59 Å². The maximum Gasteiger partial charge on any atom is 0.249 e. The van der Waals surface area contributed by atoms with Crippen molar-refractivity contribution in [3.8, 4) is 0 Å². The molecule has 0 amide bonds. The van der Waals surface area contributed by atoms with Crippen molar-refractivity contribution in [2.45, 2.75) is 30.5 Å². The molecule has 0 aliphatic heterocycles. The number of carbonyl (C=O) groups is 2. The molecule has 0 radical (unpaired) electrons. The first-order chi connectivity index (χ1) is 7.77. The van der Waals surface area contributed by atoms with Crippen LogP contribution in [-0.4, -0.2) is 15.4 Å². The number of hydrogen-bond donors (Lipinski definition) is 0. The Morgan fingerprint density at radius 3 is 2.29 bits per heavy atom. The third-order valence-corrected chi connectivity index (χ3v) is 2.76. The summed E-state index contributed by atoms with van der Waals surface area (Å²) in [6.07, 6.45) is 7.26. The van der Waals surface area contributed by atoms with E-state index in [0.717, 1.165) is 6.42 Å². The van der Waals surface area contributed by atoms with Gasteiger partial charge in [-0.1, -0.05) is 73.3 Å². The molecule has 0 saturated carbocycles. The second kappa shape index (κ2) is 7.91. The number of carbonyl (C=O) groups excluding carboxylic acids is 2. The lowest BCUT2D eigenvalue weighted by Crippen LogP contribution is -2.21. The molecule has 0 spiro atoms. The normalized spacial score (nSPS) is 14.4. The Balaban J connectivity index is 4.16. The molecule has 5 heteroatoms. The van der Waals surface area contributed by atoms with E-state index in [1.54, 1.807) is 12.2 Å². The van der Waals surface area contributed by atoms with Gasteiger partial charge in [-0.2, -0.15) is 0 Å². The third-order valence-electron chi connectivity index (χ3n) is 2.13. The van der Waals surface area contributed by atoms with Crippen molar-refractivity contribution in [3.63, 3.8) is 0 Å². The lowest BCUT2D eigenvalue weighted by atomic mass is 10.1. The van der Waals surface area contributed by atoms with E-state index in [1.807, 2.05) is 6.08 Å². The highest BCUT2D eigenvalue weighted by Crippen LogP contribution is 2.28. The maximum absolute atomic E-state index is 11.3. The van der Waals surface area contributed by atoms with Crippen molar-refractivity contribution in [3.05, 3.63) is 24.3 Å². The van der Waals surface area contributed by atoms with Crippen LogP contribution in [0.25, 0.3) is 0 Å². The van der Waals surface area contributed by atoms with Gasteiger partial charge < -0.3 is 0 Å². The second-order valence-corrected chi connectivity index (χ2v) is 5.97. The van der Waals surface area contributed by atoms with Crippen LogP contribution in [0.2, 0.25) is 0 Å². The van der Waals surface area contributed by atoms with Crippen molar-refractivity contribution in [1.82, 2.24) is 0 Å². The van der Waals surface area contributed by atoms with E-state index in [2.05, 4.69) is 13.8 Å². The summed E-state index contributed by atoms with van der Waals surface area (Å²) in [6.45, 7) is 4.14. The molecule has 2 nitrogen and oxygen atoms in total. The summed E-state index contributed by atoms with van der Waals surface area (Å²) >= 11 is 16.0. The number of hydrogen-bond acceptors (Lipinski definition) is 2. The highest BCUT2D eigenvalue weighted by atomic mass is 35.6. The summed E-state index contributed by atoms with van der Waals surface area (Å²) in [6, 6.07) is 0. The Labute approximate surface area is 117 Å². The van der Waals surface area contributed by atoms with Gasteiger partial charge in [-0.3, -0.25) is 9.59 Å². The van der Waals surface area contributed by atoms with E-state index in [4.69, 9.17) is 34.8 Å². The van der Waals surface area contributed by atoms with Crippen LogP contribution < -0.4 is 0 Å². The number of halogens is 3. The average molecular weight is 298 g/mol. The zero-order valence-electron chi connectivity index (χ0n) is 9.75. The molecule has 0 saturated heterocycles. The molecule has 0 rings (SSSR count). The van der Waals surface area contributed by atoms with Gasteiger partial charge in [0.15, 0.2) is 11.6 Å². The Bertz CT molecular complexity index is 327. The minimum Gasteiger partial charge on any atom is -0.294 e. The molecule has 1 atom stereocenters. The fourth-order valence-corrected chi connectivity index (χ4v) is 1.07. The zero-order chi connectivity index (χ0) is 13.5. The molecule has 0 aromatic carbocycles. The summed E-state index contributed by atoms with van der Waals surface area (Å²) in [7, 11) is 0. The third kappa shape index (κ3) is 8.42. The molecule has 0 fully saturated rings. The Morgan fingerprint density at radius 2 is 1.82 bits per heavy atom. The second-order valence-electron chi connectivity index (χ2n) is 3.69. The first-order valence-corrected chi connectivity index (χ1v) is 6.38. The van der Waals surface area contributed by atoms with Crippen molar-refractivity contribution in [1.29, 1.82) is 0 Å². The van der Waals surface area contributed by atoms with Gasteiger partial charge in [0.1, 0.15) is 0 Å². The lowest BCUT2D eigenvalue weighted by molar-refractivity contribution is -0.124. The highest BCUT2D eigenvalue weighted by Gasteiger charge is 2.31. The van der Waals surface area contributed by atoms with Crippen molar-refractivity contribution < 1.29 is 9.59 Å². The minimum atomic E-state index is -2.02. The molecular weight excluding hydrogens is 282 g/mol. The first kappa shape index (κ1) is 16.7. The molecule has 96 valence electrons.